The summed E-state index contributed by atoms with van der Waals surface area (Å²) in [4.78, 5) is 32.9. The van der Waals surface area contributed by atoms with E-state index in [0.29, 0.717) is 43.7 Å². The zero-order valence-corrected chi connectivity index (χ0v) is 22.2. The molecular formula is C30H35F2N5O2. The zero-order valence-electron chi connectivity index (χ0n) is 22.2. The molecule has 39 heavy (non-hydrogen) atoms. The fraction of sp³-hybridized carbons (Fsp3) is 0.433. The topological polar surface area (TPSA) is 79.3 Å². The van der Waals surface area contributed by atoms with Crippen molar-refractivity contribution in [1.82, 2.24) is 25.1 Å². The van der Waals surface area contributed by atoms with Crippen molar-refractivity contribution in [2.75, 3.05) is 19.6 Å². The highest BCUT2D eigenvalue weighted by Gasteiger charge is 2.35. The van der Waals surface area contributed by atoms with Crippen molar-refractivity contribution in [3.05, 3.63) is 77.8 Å². The van der Waals surface area contributed by atoms with Crippen molar-refractivity contribution < 1.29 is 18.4 Å². The molecular weight excluding hydrogens is 500 g/mol. The highest BCUT2D eigenvalue weighted by molar-refractivity contribution is 5.98. The highest BCUT2D eigenvalue weighted by Crippen LogP contribution is 2.35. The molecule has 9 heteroatoms. The second kappa shape index (κ2) is 12.1. The fourth-order valence-electron chi connectivity index (χ4n) is 5.92. The van der Waals surface area contributed by atoms with E-state index < -0.39 is 11.6 Å². The molecule has 0 spiro atoms. The molecule has 1 aliphatic heterocycles. The predicted molar refractivity (Wildman–Crippen MR) is 145 cm³/mol. The van der Waals surface area contributed by atoms with Gasteiger partial charge in [-0.05, 0) is 37.0 Å². The number of benzene rings is 2. The molecule has 2 aromatic carbocycles. The molecule has 2 N–H and O–H groups in total. The van der Waals surface area contributed by atoms with Gasteiger partial charge in [-0.1, -0.05) is 50.1 Å². The van der Waals surface area contributed by atoms with Gasteiger partial charge < -0.3 is 20.1 Å². The number of hydrogen-bond donors (Lipinski definition) is 2. The van der Waals surface area contributed by atoms with Crippen LogP contribution in [0.2, 0.25) is 0 Å². The molecule has 206 valence electrons. The van der Waals surface area contributed by atoms with E-state index in [2.05, 4.69) is 20.2 Å². The van der Waals surface area contributed by atoms with E-state index in [9.17, 15) is 18.4 Å². The summed E-state index contributed by atoms with van der Waals surface area (Å²) in [7, 11) is 0. The first kappa shape index (κ1) is 27.0. The van der Waals surface area contributed by atoms with E-state index in [1.54, 1.807) is 11.2 Å². The van der Waals surface area contributed by atoms with E-state index in [4.69, 9.17) is 0 Å². The molecule has 0 radical (unpaired) electrons. The number of carbonyl (C=O) groups is 2. The summed E-state index contributed by atoms with van der Waals surface area (Å²) >= 11 is 0. The molecule has 2 amide bonds. The first-order valence-corrected chi connectivity index (χ1v) is 13.8. The Morgan fingerprint density at radius 2 is 1.82 bits per heavy atom. The summed E-state index contributed by atoms with van der Waals surface area (Å²) in [5.41, 5.74) is 2.47. The number of aromatic nitrogens is 2. The molecule has 2 aliphatic rings. The third-order valence-electron chi connectivity index (χ3n) is 7.80. The van der Waals surface area contributed by atoms with Crippen LogP contribution in [0, 0.1) is 11.6 Å². The minimum atomic E-state index is -0.631. The molecule has 3 atom stereocenters. The summed E-state index contributed by atoms with van der Waals surface area (Å²) < 4.78 is 29.8. The Kier molecular flexibility index (Phi) is 8.35. The second-order valence-electron chi connectivity index (χ2n) is 10.4. The Hall–Kier alpha value is -3.59. The van der Waals surface area contributed by atoms with Crippen LogP contribution >= 0.6 is 0 Å². The van der Waals surface area contributed by atoms with Gasteiger partial charge in [0.05, 0.1) is 18.1 Å². The quantitative estimate of drug-likeness (QED) is 0.467. The average Bonchev–Trinajstić information content (AvgIpc) is 3.38. The lowest BCUT2D eigenvalue weighted by molar-refractivity contribution is -0.122. The SMILES string of the molecule is CCC(=O)NC1CCCC[C@@H]1n1cnc(C(=O)N2CCNC[C@H]2Cc2cc(F)cc(F)c2)c1-c1ccccc1. The van der Waals surface area contributed by atoms with Gasteiger partial charge in [-0.2, -0.15) is 0 Å². The van der Waals surface area contributed by atoms with Gasteiger partial charge in [0, 0.05) is 49.8 Å². The van der Waals surface area contributed by atoms with E-state index in [-0.39, 0.29) is 29.9 Å². The van der Waals surface area contributed by atoms with Gasteiger partial charge in [0.2, 0.25) is 5.91 Å². The van der Waals surface area contributed by atoms with Gasteiger partial charge in [-0.3, -0.25) is 9.59 Å². The van der Waals surface area contributed by atoms with Gasteiger partial charge in [-0.15, -0.1) is 0 Å². The normalized spacial score (nSPS) is 21.5. The van der Waals surface area contributed by atoms with Crippen LogP contribution in [-0.2, 0) is 11.2 Å². The largest absolute Gasteiger partial charge is 0.351 e. The Bertz CT molecular complexity index is 1290. The van der Waals surface area contributed by atoms with Gasteiger partial charge >= 0.3 is 0 Å². The molecule has 7 nitrogen and oxygen atoms in total. The molecule has 5 rings (SSSR count). The number of carbonyl (C=O) groups excluding carboxylic acids is 2. The predicted octanol–water partition coefficient (Wildman–Crippen LogP) is 4.49. The molecule has 1 saturated heterocycles. The maximum atomic E-state index is 14.1. The summed E-state index contributed by atoms with van der Waals surface area (Å²) in [6.45, 7) is 3.44. The monoisotopic (exact) mass is 535 g/mol. The lowest BCUT2D eigenvalue weighted by Crippen LogP contribution is -2.54. The summed E-state index contributed by atoms with van der Waals surface area (Å²) in [6, 6.07) is 12.9. The Balaban J connectivity index is 1.50. The summed E-state index contributed by atoms with van der Waals surface area (Å²) in [6.07, 6.45) is 6.29. The van der Waals surface area contributed by atoms with Crippen molar-refractivity contribution in [3.63, 3.8) is 0 Å². The molecule has 1 saturated carbocycles. The van der Waals surface area contributed by atoms with Crippen LogP contribution in [0.5, 0.6) is 0 Å². The van der Waals surface area contributed by atoms with E-state index >= 15 is 0 Å². The van der Waals surface area contributed by atoms with Crippen molar-refractivity contribution in [2.45, 2.75) is 63.6 Å². The maximum absolute atomic E-state index is 14.1. The van der Waals surface area contributed by atoms with Crippen molar-refractivity contribution in [3.8, 4) is 11.3 Å². The minimum absolute atomic E-state index is 0.0158. The lowest BCUT2D eigenvalue weighted by Gasteiger charge is -2.36. The molecule has 3 aromatic rings. The average molecular weight is 536 g/mol. The standard InChI is InChI=1S/C30H35F2N5O2/c1-2-27(38)35-25-10-6-7-11-26(25)37-19-34-28(29(37)21-8-4-3-5-9-21)30(39)36-13-12-33-18-24(36)16-20-14-22(31)17-23(32)15-20/h3-5,8-9,14-15,17,19,24-26,33H,2,6-7,10-13,16,18H2,1H3,(H,35,38)/t24-,25?,26+/m1/s1. The molecule has 1 aliphatic carbocycles. The molecule has 0 bridgehead atoms. The highest BCUT2D eigenvalue weighted by atomic mass is 19.1. The first-order chi connectivity index (χ1) is 18.9. The van der Waals surface area contributed by atoms with Crippen LogP contribution < -0.4 is 10.6 Å². The Morgan fingerprint density at radius 3 is 2.56 bits per heavy atom. The van der Waals surface area contributed by atoms with Crippen LogP contribution in [0.1, 0.15) is 61.1 Å². The first-order valence-electron chi connectivity index (χ1n) is 13.8. The number of piperazine rings is 1. The maximum Gasteiger partial charge on any atom is 0.275 e. The Labute approximate surface area is 227 Å². The summed E-state index contributed by atoms with van der Waals surface area (Å²) in [5, 5.41) is 6.49. The van der Waals surface area contributed by atoms with Gasteiger partial charge in [0.15, 0.2) is 5.69 Å². The summed E-state index contributed by atoms with van der Waals surface area (Å²) in [5.74, 6) is -1.45. The number of rotatable bonds is 7. The number of nitrogens with one attached hydrogen (secondary N) is 2. The molecule has 1 unspecified atom stereocenters. The number of imidazole rings is 1. The molecule has 1 aromatic heterocycles. The van der Waals surface area contributed by atoms with Gasteiger partial charge in [0.25, 0.3) is 5.91 Å². The van der Waals surface area contributed by atoms with Gasteiger partial charge in [0.1, 0.15) is 11.6 Å². The number of halogens is 2. The smallest absolute Gasteiger partial charge is 0.275 e. The third kappa shape index (κ3) is 6.03. The number of amides is 2. The zero-order chi connectivity index (χ0) is 27.4. The lowest BCUT2D eigenvalue weighted by atomic mass is 9.89. The van der Waals surface area contributed by atoms with Crippen LogP contribution in [0.4, 0.5) is 8.78 Å². The van der Waals surface area contributed by atoms with Crippen LogP contribution in [0.25, 0.3) is 11.3 Å². The van der Waals surface area contributed by atoms with E-state index in [1.807, 2.05) is 37.3 Å². The third-order valence-corrected chi connectivity index (χ3v) is 7.80. The van der Waals surface area contributed by atoms with Crippen molar-refractivity contribution in [2.24, 2.45) is 0 Å². The van der Waals surface area contributed by atoms with Crippen LogP contribution in [0.15, 0.2) is 54.9 Å². The van der Waals surface area contributed by atoms with Crippen LogP contribution in [0.3, 0.4) is 0 Å². The fourth-order valence-corrected chi connectivity index (χ4v) is 5.92. The number of hydrogen-bond acceptors (Lipinski definition) is 4. The van der Waals surface area contributed by atoms with E-state index in [0.717, 1.165) is 43.0 Å². The molecule has 2 fully saturated rings. The molecule has 2 heterocycles. The second-order valence-corrected chi connectivity index (χ2v) is 10.4. The number of nitrogens with zero attached hydrogens (tertiary/aromatic N) is 3. The minimum Gasteiger partial charge on any atom is -0.351 e. The Morgan fingerprint density at radius 1 is 1.08 bits per heavy atom. The van der Waals surface area contributed by atoms with Gasteiger partial charge in [-0.25, -0.2) is 13.8 Å². The van der Waals surface area contributed by atoms with Crippen LogP contribution in [-0.4, -0.2) is 58.0 Å². The van der Waals surface area contributed by atoms with Crippen molar-refractivity contribution in [1.29, 1.82) is 0 Å². The van der Waals surface area contributed by atoms with E-state index in [1.165, 1.54) is 12.1 Å². The van der Waals surface area contributed by atoms with Crippen molar-refractivity contribution >= 4 is 11.8 Å².